The molecule has 3 fully saturated rings. The number of ether oxygens (including phenoxy) is 2. The molecule has 3 aliphatic rings. The molecule has 1 aromatic carbocycles. The molecule has 4 heterocycles. The van der Waals surface area contributed by atoms with Crippen LogP contribution in [0, 0.1) is 11.7 Å². The monoisotopic (exact) mass is 614 g/mol. The molecule has 1 aliphatic carbocycles. The van der Waals surface area contributed by atoms with Gasteiger partial charge in [0.2, 0.25) is 10.0 Å². The van der Waals surface area contributed by atoms with Crippen molar-refractivity contribution in [2.24, 2.45) is 5.92 Å². The largest absolute Gasteiger partial charge is 0.384 e. The molecule has 11 nitrogen and oxygen atoms in total. The fraction of sp³-hybridized carbons (Fsp3) is 0.567. The molecule has 0 bridgehead atoms. The maximum absolute atomic E-state index is 13.8. The van der Waals surface area contributed by atoms with Crippen LogP contribution in [0.4, 0.5) is 10.1 Å². The Kier molecular flexibility index (Phi) is 8.94. The van der Waals surface area contributed by atoms with E-state index in [1.807, 2.05) is 0 Å². The first kappa shape index (κ1) is 29.9. The first-order valence-corrected chi connectivity index (χ1v) is 16.7. The number of carbonyl (C=O) groups is 1. The van der Waals surface area contributed by atoms with Gasteiger partial charge in [0.25, 0.3) is 5.91 Å². The summed E-state index contributed by atoms with van der Waals surface area (Å²) in [6, 6.07) is 7.71. The highest BCUT2D eigenvalue weighted by Crippen LogP contribution is 2.43. The lowest BCUT2D eigenvalue weighted by Crippen LogP contribution is -2.43. The Hall–Kier alpha value is -3.13. The number of rotatable bonds is 10. The van der Waals surface area contributed by atoms with Crippen LogP contribution in [0.3, 0.4) is 0 Å². The molecule has 0 radical (unpaired) electrons. The van der Waals surface area contributed by atoms with E-state index in [-0.39, 0.29) is 29.8 Å². The summed E-state index contributed by atoms with van der Waals surface area (Å²) in [5.74, 6) is -0.695. The molecule has 1 saturated carbocycles. The zero-order chi connectivity index (χ0) is 30.0. The quantitative estimate of drug-likeness (QED) is 0.368. The van der Waals surface area contributed by atoms with Crippen molar-refractivity contribution in [1.29, 1.82) is 0 Å². The Bertz CT molecular complexity index is 1550. The first-order valence-electron chi connectivity index (χ1n) is 15.1. The SMILES string of the molecule is COCCS(=O)(=O)NC(=O)c1cc(N2CCC(CN3CCOCC3)CC2)c2c(C3CCC3)nn(-c3ccc(F)cc3)c2n1. The molecular formula is C30H39FN6O5S. The number of amides is 1. The van der Waals surface area contributed by atoms with Crippen molar-refractivity contribution < 1.29 is 27.1 Å². The van der Waals surface area contributed by atoms with Gasteiger partial charge in [-0.15, -0.1) is 0 Å². The minimum absolute atomic E-state index is 0.0117. The van der Waals surface area contributed by atoms with Crippen LogP contribution in [-0.4, -0.2) is 99.4 Å². The van der Waals surface area contributed by atoms with Crippen LogP contribution < -0.4 is 9.62 Å². The van der Waals surface area contributed by atoms with Crippen molar-refractivity contribution in [3.05, 3.63) is 47.5 Å². The lowest BCUT2D eigenvalue weighted by molar-refractivity contribution is 0.0289. The van der Waals surface area contributed by atoms with Crippen molar-refractivity contribution >= 4 is 32.7 Å². The van der Waals surface area contributed by atoms with Crippen LogP contribution in [0.15, 0.2) is 30.3 Å². The minimum atomic E-state index is -3.93. The van der Waals surface area contributed by atoms with E-state index in [9.17, 15) is 17.6 Å². The van der Waals surface area contributed by atoms with Crippen molar-refractivity contribution in [1.82, 2.24) is 24.4 Å². The fourth-order valence-corrected chi connectivity index (χ4v) is 7.04. The van der Waals surface area contributed by atoms with E-state index in [1.54, 1.807) is 22.9 Å². The summed E-state index contributed by atoms with van der Waals surface area (Å²) in [5, 5.41) is 5.87. The van der Waals surface area contributed by atoms with E-state index < -0.39 is 15.9 Å². The number of aromatic nitrogens is 3. The maximum Gasteiger partial charge on any atom is 0.283 e. The normalized spacial score (nSPS) is 19.1. The summed E-state index contributed by atoms with van der Waals surface area (Å²) in [7, 11) is -2.53. The van der Waals surface area contributed by atoms with Gasteiger partial charge in [0.05, 0.1) is 48.0 Å². The van der Waals surface area contributed by atoms with E-state index in [2.05, 4.69) is 14.5 Å². The molecule has 1 N–H and O–H groups in total. The fourth-order valence-electron chi connectivity index (χ4n) is 6.16. The topological polar surface area (TPSA) is 119 Å². The number of nitrogens with one attached hydrogen (secondary N) is 1. The zero-order valence-electron chi connectivity index (χ0n) is 24.5. The predicted molar refractivity (Wildman–Crippen MR) is 161 cm³/mol. The molecule has 3 aromatic rings. The summed E-state index contributed by atoms with van der Waals surface area (Å²) in [5.41, 5.74) is 2.82. The highest BCUT2D eigenvalue weighted by Gasteiger charge is 2.32. The van der Waals surface area contributed by atoms with Crippen molar-refractivity contribution in [2.45, 2.75) is 38.0 Å². The Morgan fingerprint density at radius 1 is 1.09 bits per heavy atom. The van der Waals surface area contributed by atoms with Gasteiger partial charge in [0.15, 0.2) is 5.65 Å². The molecule has 43 heavy (non-hydrogen) atoms. The van der Waals surface area contributed by atoms with E-state index in [0.717, 1.165) is 94.8 Å². The Balaban J connectivity index is 1.38. The van der Waals surface area contributed by atoms with Crippen LogP contribution >= 0.6 is 0 Å². The standard InChI is InChI=1S/C30H39FN6O5S/c1-41-17-18-43(39,40)34-30(38)25-19-26(36-11-9-21(10-12-36)20-35-13-15-42-16-14-35)27-28(22-3-2-4-22)33-37(29(27)32-25)24-7-5-23(31)6-8-24/h5-8,19,21-22H,2-4,9-18,20H2,1H3,(H,34,38). The number of methoxy groups -OCH3 is 1. The third-order valence-corrected chi connectivity index (χ3v) is 10.0. The number of hydrogen-bond acceptors (Lipinski definition) is 9. The lowest BCUT2D eigenvalue weighted by atomic mass is 9.81. The van der Waals surface area contributed by atoms with E-state index >= 15 is 0 Å². The molecular weight excluding hydrogens is 575 g/mol. The molecule has 13 heteroatoms. The van der Waals surface area contributed by atoms with Crippen LogP contribution in [0.5, 0.6) is 0 Å². The minimum Gasteiger partial charge on any atom is -0.384 e. The Morgan fingerprint density at radius 2 is 1.81 bits per heavy atom. The smallest absolute Gasteiger partial charge is 0.283 e. The van der Waals surface area contributed by atoms with Crippen LogP contribution in [0.1, 0.15) is 54.2 Å². The molecule has 2 aromatic heterocycles. The van der Waals surface area contributed by atoms with Gasteiger partial charge in [-0.25, -0.2) is 27.2 Å². The van der Waals surface area contributed by atoms with Crippen LogP contribution in [0.2, 0.25) is 0 Å². The molecule has 232 valence electrons. The van der Waals surface area contributed by atoms with Crippen LogP contribution in [0.25, 0.3) is 16.7 Å². The van der Waals surface area contributed by atoms with E-state index in [0.29, 0.717) is 17.3 Å². The van der Waals surface area contributed by atoms with Gasteiger partial charge in [-0.2, -0.15) is 5.10 Å². The first-order chi connectivity index (χ1) is 20.8. The predicted octanol–water partition coefficient (Wildman–Crippen LogP) is 3.08. The maximum atomic E-state index is 13.8. The number of fused-ring (bicyclic) bond motifs is 1. The average molecular weight is 615 g/mol. The number of pyridine rings is 1. The number of morpholine rings is 1. The number of piperidine rings is 1. The molecule has 0 spiro atoms. The summed E-state index contributed by atoms with van der Waals surface area (Å²) in [6.45, 7) is 6.09. The average Bonchev–Trinajstić information content (AvgIpc) is 3.35. The van der Waals surface area contributed by atoms with Crippen LogP contribution in [-0.2, 0) is 19.5 Å². The molecule has 0 unspecified atom stereocenters. The van der Waals surface area contributed by atoms with Gasteiger partial charge in [0.1, 0.15) is 11.5 Å². The van der Waals surface area contributed by atoms with E-state index in [1.165, 1.54) is 19.2 Å². The number of sulfonamides is 1. The van der Waals surface area contributed by atoms with Crippen molar-refractivity contribution in [2.75, 3.05) is 70.3 Å². The zero-order valence-corrected chi connectivity index (χ0v) is 25.3. The number of benzene rings is 1. The lowest BCUT2D eigenvalue weighted by Gasteiger charge is -2.37. The summed E-state index contributed by atoms with van der Waals surface area (Å²) >= 11 is 0. The van der Waals surface area contributed by atoms with Crippen molar-refractivity contribution in [3.8, 4) is 5.69 Å². The van der Waals surface area contributed by atoms with Crippen molar-refractivity contribution in [3.63, 3.8) is 0 Å². The molecule has 2 aliphatic heterocycles. The number of halogens is 1. The highest BCUT2D eigenvalue weighted by molar-refractivity contribution is 7.90. The van der Waals surface area contributed by atoms with Gasteiger partial charge < -0.3 is 14.4 Å². The van der Waals surface area contributed by atoms with Gasteiger partial charge in [-0.3, -0.25) is 9.69 Å². The third-order valence-electron chi connectivity index (χ3n) is 8.82. The Labute approximate surface area is 251 Å². The summed E-state index contributed by atoms with van der Waals surface area (Å²) in [6.07, 6.45) is 5.14. The second-order valence-electron chi connectivity index (χ2n) is 11.7. The van der Waals surface area contributed by atoms with E-state index in [4.69, 9.17) is 19.6 Å². The van der Waals surface area contributed by atoms with Gasteiger partial charge in [0, 0.05) is 45.8 Å². The number of carbonyl (C=O) groups excluding carboxylic acids is 1. The molecule has 6 rings (SSSR count). The van der Waals surface area contributed by atoms with Gasteiger partial charge >= 0.3 is 0 Å². The summed E-state index contributed by atoms with van der Waals surface area (Å²) in [4.78, 5) is 22.8. The number of hydrogen-bond donors (Lipinski definition) is 1. The number of anilines is 1. The van der Waals surface area contributed by atoms with Gasteiger partial charge in [-0.1, -0.05) is 6.42 Å². The summed E-state index contributed by atoms with van der Waals surface area (Å²) < 4.78 is 53.2. The third kappa shape index (κ3) is 6.69. The number of nitrogens with zero attached hydrogens (tertiary/aromatic N) is 5. The highest BCUT2D eigenvalue weighted by atomic mass is 32.2. The second kappa shape index (κ2) is 12.8. The Morgan fingerprint density at radius 3 is 2.47 bits per heavy atom. The van der Waals surface area contributed by atoms with Gasteiger partial charge in [-0.05, 0) is 61.9 Å². The molecule has 2 saturated heterocycles. The second-order valence-corrected chi connectivity index (χ2v) is 13.6. The molecule has 0 atom stereocenters. The molecule has 1 amide bonds.